The summed E-state index contributed by atoms with van der Waals surface area (Å²) >= 11 is 0. The van der Waals surface area contributed by atoms with Crippen LogP contribution in [0.1, 0.15) is 239 Å². The summed E-state index contributed by atoms with van der Waals surface area (Å²) in [6.45, 7) is 7.53. The minimum atomic E-state index is -0.581. The van der Waals surface area contributed by atoms with Crippen LogP contribution in [0.3, 0.4) is 0 Å². The maximum absolute atomic E-state index is 12.8. The molecule has 0 spiro atoms. The van der Waals surface area contributed by atoms with Crippen molar-refractivity contribution in [2.75, 3.05) is 19.8 Å². The van der Waals surface area contributed by atoms with E-state index in [2.05, 4.69) is 142 Å². The lowest BCUT2D eigenvalue weighted by Crippen LogP contribution is -2.30. The highest BCUT2D eigenvalue weighted by Gasteiger charge is 2.17. The fraction of sp³-hybridized carbons (Fsp3) is 0.651. The summed E-state index contributed by atoms with van der Waals surface area (Å²) < 4.78 is 17.4. The molecular formula is C63H104O5. The van der Waals surface area contributed by atoms with Crippen LogP contribution in [0.15, 0.2) is 122 Å². The number of allylic oxidation sites excluding steroid dienone is 20. The Labute approximate surface area is 420 Å². The Kier molecular flexibility index (Phi) is 54.5. The van der Waals surface area contributed by atoms with E-state index in [4.69, 9.17) is 14.2 Å². The molecule has 1 atom stereocenters. The number of esters is 2. The zero-order valence-electron chi connectivity index (χ0n) is 44.3. The molecule has 0 aromatic rings. The van der Waals surface area contributed by atoms with E-state index in [0.717, 1.165) is 122 Å². The van der Waals surface area contributed by atoms with Gasteiger partial charge >= 0.3 is 11.9 Å². The molecule has 0 aliphatic heterocycles. The minimum Gasteiger partial charge on any atom is -0.462 e. The van der Waals surface area contributed by atoms with Crippen LogP contribution in [0.25, 0.3) is 0 Å². The van der Waals surface area contributed by atoms with Crippen molar-refractivity contribution < 1.29 is 23.8 Å². The number of unbranched alkanes of at least 4 members (excludes halogenated alkanes) is 19. The Bertz CT molecular complexity index is 1390. The Morgan fingerprint density at radius 2 is 0.662 bits per heavy atom. The molecule has 0 radical (unpaired) electrons. The SMILES string of the molecule is CC/C=C\C/C=C\C/C=C\C/C=C\C/C=C\CCCCOCC(COC(=O)CCCCCCCC/C=C\C/C=C\C/C=C\CCCCC)OC(=O)CCCCCCC/C=C\C/C=C\CCCCC. The van der Waals surface area contributed by atoms with Gasteiger partial charge in [-0.05, 0) is 135 Å². The van der Waals surface area contributed by atoms with Gasteiger partial charge < -0.3 is 14.2 Å². The van der Waals surface area contributed by atoms with E-state index in [9.17, 15) is 9.59 Å². The van der Waals surface area contributed by atoms with Crippen LogP contribution in [-0.2, 0) is 23.8 Å². The number of carbonyl (C=O) groups is 2. The van der Waals surface area contributed by atoms with Crippen LogP contribution >= 0.6 is 0 Å². The molecular weight excluding hydrogens is 837 g/mol. The predicted octanol–water partition coefficient (Wildman–Crippen LogP) is 19.3. The third-order valence-corrected chi connectivity index (χ3v) is 11.5. The van der Waals surface area contributed by atoms with Gasteiger partial charge in [0, 0.05) is 19.4 Å². The lowest BCUT2D eigenvalue weighted by Gasteiger charge is -2.18. The normalized spacial score (nSPS) is 13.2. The molecule has 1 unspecified atom stereocenters. The lowest BCUT2D eigenvalue weighted by atomic mass is 10.1. The second-order valence-corrected chi connectivity index (χ2v) is 18.1. The van der Waals surface area contributed by atoms with E-state index < -0.39 is 6.10 Å². The van der Waals surface area contributed by atoms with Gasteiger partial charge in [-0.25, -0.2) is 0 Å². The van der Waals surface area contributed by atoms with Gasteiger partial charge in [-0.15, -0.1) is 0 Å². The van der Waals surface area contributed by atoms with Crippen molar-refractivity contribution in [3.8, 4) is 0 Å². The molecule has 386 valence electrons. The van der Waals surface area contributed by atoms with E-state index in [-0.39, 0.29) is 25.2 Å². The van der Waals surface area contributed by atoms with Gasteiger partial charge in [0.1, 0.15) is 6.61 Å². The summed E-state index contributed by atoms with van der Waals surface area (Å²) in [5.41, 5.74) is 0. The van der Waals surface area contributed by atoms with Crippen LogP contribution in [0, 0.1) is 0 Å². The average Bonchev–Trinajstić information content (AvgIpc) is 3.34. The molecule has 0 heterocycles. The monoisotopic (exact) mass is 941 g/mol. The van der Waals surface area contributed by atoms with Crippen molar-refractivity contribution >= 4 is 11.9 Å². The van der Waals surface area contributed by atoms with Gasteiger partial charge in [0.15, 0.2) is 6.10 Å². The molecule has 0 aliphatic carbocycles. The second-order valence-electron chi connectivity index (χ2n) is 18.1. The molecule has 0 saturated heterocycles. The van der Waals surface area contributed by atoms with Gasteiger partial charge in [-0.2, -0.15) is 0 Å². The first-order valence-electron chi connectivity index (χ1n) is 28.1. The van der Waals surface area contributed by atoms with Crippen molar-refractivity contribution in [3.63, 3.8) is 0 Å². The molecule has 0 saturated carbocycles. The van der Waals surface area contributed by atoms with E-state index in [0.29, 0.717) is 19.4 Å². The smallest absolute Gasteiger partial charge is 0.306 e. The fourth-order valence-corrected chi connectivity index (χ4v) is 7.28. The van der Waals surface area contributed by atoms with Gasteiger partial charge in [-0.1, -0.05) is 213 Å². The Morgan fingerprint density at radius 1 is 0.338 bits per heavy atom. The zero-order chi connectivity index (χ0) is 49.2. The van der Waals surface area contributed by atoms with Crippen LogP contribution in [0.4, 0.5) is 0 Å². The van der Waals surface area contributed by atoms with Crippen molar-refractivity contribution in [3.05, 3.63) is 122 Å². The third kappa shape index (κ3) is 54.9. The average molecular weight is 942 g/mol. The fourth-order valence-electron chi connectivity index (χ4n) is 7.28. The first kappa shape index (κ1) is 64.3. The number of carbonyl (C=O) groups excluding carboxylic acids is 2. The summed E-state index contributed by atoms with van der Waals surface area (Å²) in [5.74, 6) is -0.457. The molecule has 0 aromatic carbocycles. The Morgan fingerprint density at radius 3 is 1.06 bits per heavy atom. The predicted molar refractivity (Wildman–Crippen MR) is 297 cm³/mol. The second kappa shape index (κ2) is 57.6. The Balaban J connectivity index is 4.42. The quantitative estimate of drug-likeness (QED) is 0.0345. The summed E-state index contributed by atoms with van der Waals surface area (Å²) in [5, 5.41) is 0. The summed E-state index contributed by atoms with van der Waals surface area (Å²) in [4.78, 5) is 25.5. The topological polar surface area (TPSA) is 61.8 Å². The van der Waals surface area contributed by atoms with E-state index in [1.807, 2.05) is 0 Å². The maximum Gasteiger partial charge on any atom is 0.306 e. The van der Waals surface area contributed by atoms with Gasteiger partial charge in [0.2, 0.25) is 0 Å². The number of rotatable bonds is 50. The van der Waals surface area contributed by atoms with Crippen molar-refractivity contribution in [2.24, 2.45) is 0 Å². The molecule has 68 heavy (non-hydrogen) atoms. The molecule has 5 nitrogen and oxygen atoms in total. The lowest BCUT2D eigenvalue weighted by molar-refractivity contribution is -0.163. The molecule has 0 bridgehead atoms. The molecule has 0 amide bonds. The Hall–Kier alpha value is -3.70. The van der Waals surface area contributed by atoms with Crippen LogP contribution in [-0.4, -0.2) is 37.9 Å². The van der Waals surface area contributed by atoms with Crippen LogP contribution < -0.4 is 0 Å². The summed E-state index contributed by atoms with van der Waals surface area (Å²) in [6, 6.07) is 0. The third-order valence-electron chi connectivity index (χ3n) is 11.5. The van der Waals surface area contributed by atoms with Crippen LogP contribution in [0.5, 0.6) is 0 Å². The van der Waals surface area contributed by atoms with Gasteiger partial charge in [-0.3, -0.25) is 9.59 Å². The first-order chi connectivity index (χ1) is 33.6. The number of hydrogen-bond acceptors (Lipinski definition) is 5. The molecule has 0 rings (SSSR count). The highest BCUT2D eigenvalue weighted by molar-refractivity contribution is 5.70. The van der Waals surface area contributed by atoms with Crippen molar-refractivity contribution in [1.82, 2.24) is 0 Å². The van der Waals surface area contributed by atoms with Crippen molar-refractivity contribution in [1.29, 1.82) is 0 Å². The number of ether oxygens (including phenoxy) is 3. The summed E-state index contributed by atoms with van der Waals surface area (Å²) in [7, 11) is 0. The summed E-state index contributed by atoms with van der Waals surface area (Å²) in [6.07, 6.45) is 80.7. The molecule has 0 aromatic heterocycles. The molecule has 5 heteroatoms. The van der Waals surface area contributed by atoms with E-state index in [1.165, 1.54) is 83.5 Å². The molecule has 0 N–H and O–H groups in total. The van der Waals surface area contributed by atoms with E-state index >= 15 is 0 Å². The highest BCUT2D eigenvalue weighted by Crippen LogP contribution is 2.13. The maximum atomic E-state index is 12.8. The van der Waals surface area contributed by atoms with Crippen molar-refractivity contribution in [2.45, 2.75) is 245 Å². The first-order valence-corrected chi connectivity index (χ1v) is 28.1. The minimum absolute atomic E-state index is 0.0479. The number of hydrogen-bond donors (Lipinski definition) is 0. The highest BCUT2D eigenvalue weighted by atomic mass is 16.6. The molecule has 0 fully saturated rings. The van der Waals surface area contributed by atoms with Crippen LogP contribution in [0.2, 0.25) is 0 Å². The van der Waals surface area contributed by atoms with Gasteiger partial charge in [0.25, 0.3) is 0 Å². The van der Waals surface area contributed by atoms with E-state index in [1.54, 1.807) is 0 Å². The molecule has 0 aliphatic rings. The standard InChI is InChI=1S/C63H104O5/c1-4-7-10-13-16-19-22-25-28-30-32-33-36-38-41-44-47-50-53-56-62(64)67-60-61(68-63(65)57-54-51-48-45-42-39-35-27-24-21-18-15-12-9-6-3)59-66-58-55-52-49-46-43-40-37-34-31-29-26-23-20-17-14-11-8-5-2/h8,11,16-21,25-29,32-35,37,43,46,61H,4-7,9-10,12-15,22-24,30-31,36,38-42,44-45,47-60H2,1-3H3/b11-8-,19-16-,20-17-,21-18-,28-25-,29-26-,33-32-,35-27-,37-34-,46-43-. The largest absolute Gasteiger partial charge is 0.462 e. The zero-order valence-corrected chi connectivity index (χ0v) is 44.3. The van der Waals surface area contributed by atoms with Gasteiger partial charge in [0.05, 0.1) is 6.61 Å².